The van der Waals surface area contributed by atoms with Crippen LogP contribution in [0.15, 0.2) is 0 Å². The second-order valence-corrected chi connectivity index (χ2v) is 7.15. The van der Waals surface area contributed by atoms with Crippen molar-refractivity contribution >= 4 is 0 Å². The number of nitrogens with two attached hydrogens (primary N) is 1. The predicted octanol–water partition coefficient (Wildman–Crippen LogP) is 1.30. The van der Waals surface area contributed by atoms with E-state index in [1.807, 2.05) is 0 Å². The molecule has 0 aromatic rings. The summed E-state index contributed by atoms with van der Waals surface area (Å²) in [6, 6.07) is 0.796. The van der Waals surface area contributed by atoms with E-state index in [-0.39, 0.29) is 5.54 Å². The van der Waals surface area contributed by atoms with Crippen LogP contribution < -0.4 is 5.73 Å². The summed E-state index contributed by atoms with van der Waals surface area (Å²) in [5.74, 6) is 0.804. The van der Waals surface area contributed by atoms with Crippen molar-refractivity contribution in [2.75, 3.05) is 46.4 Å². The largest absolute Gasteiger partial charge is 0.381 e. The number of hydrogen-bond acceptors (Lipinski definition) is 4. The monoisotopic (exact) mass is 281 g/mol. The van der Waals surface area contributed by atoms with E-state index in [0.717, 1.165) is 31.7 Å². The highest BCUT2D eigenvalue weighted by Gasteiger charge is 2.43. The third kappa shape index (κ3) is 2.89. The standard InChI is InChI=1S/C16H31N3O/c1-18(12-14-4-9-20-10-5-14)16(13-17)6-8-19-7-2-3-15(19)11-16/h14-15H,2-13,17H2,1H3. The maximum atomic E-state index is 6.24. The van der Waals surface area contributed by atoms with Crippen LogP contribution in [0.25, 0.3) is 0 Å². The summed E-state index contributed by atoms with van der Waals surface area (Å²) in [6.45, 7) is 6.48. The summed E-state index contributed by atoms with van der Waals surface area (Å²) >= 11 is 0. The van der Waals surface area contributed by atoms with E-state index < -0.39 is 0 Å². The summed E-state index contributed by atoms with van der Waals surface area (Å²) in [7, 11) is 2.31. The van der Waals surface area contributed by atoms with Crippen LogP contribution in [0, 0.1) is 5.92 Å². The fraction of sp³-hybridized carbons (Fsp3) is 1.00. The van der Waals surface area contributed by atoms with Gasteiger partial charge < -0.3 is 15.4 Å². The van der Waals surface area contributed by atoms with E-state index >= 15 is 0 Å². The highest BCUT2D eigenvalue weighted by Crippen LogP contribution is 2.36. The first-order valence-electron chi connectivity index (χ1n) is 8.47. The van der Waals surface area contributed by atoms with Crippen molar-refractivity contribution in [1.82, 2.24) is 9.80 Å². The number of hydrogen-bond donors (Lipinski definition) is 1. The number of rotatable bonds is 4. The molecule has 0 radical (unpaired) electrons. The van der Waals surface area contributed by atoms with Crippen LogP contribution in [0.4, 0.5) is 0 Å². The average Bonchev–Trinajstić information content (AvgIpc) is 2.95. The molecule has 3 rings (SSSR count). The maximum Gasteiger partial charge on any atom is 0.0469 e. The molecule has 3 fully saturated rings. The van der Waals surface area contributed by atoms with E-state index in [4.69, 9.17) is 10.5 Å². The summed E-state index contributed by atoms with van der Waals surface area (Å²) < 4.78 is 5.49. The lowest BCUT2D eigenvalue weighted by Crippen LogP contribution is -2.60. The minimum absolute atomic E-state index is 0.254. The van der Waals surface area contributed by atoms with Crippen molar-refractivity contribution in [1.29, 1.82) is 0 Å². The fourth-order valence-electron chi connectivity index (χ4n) is 4.51. The normalized spacial score (nSPS) is 36.5. The highest BCUT2D eigenvalue weighted by atomic mass is 16.5. The smallest absolute Gasteiger partial charge is 0.0469 e. The van der Waals surface area contributed by atoms with Gasteiger partial charge in [0.1, 0.15) is 0 Å². The van der Waals surface area contributed by atoms with Gasteiger partial charge in [-0.1, -0.05) is 0 Å². The Labute approximate surface area is 123 Å². The van der Waals surface area contributed by atoms with Gasteiger partial charge in [0.2, 0.25) is 0 Å². The fourth-order valence-corrected chi connectivity index (χ4v) is 4.51. The van der Waals surface area contributed by atoms with Gasteiger partial charge in [-0.05, 0) is 58.0 Å². The number of ether oxygens (including phenoxy) is 1. The van der Waals surface area contributed by atoms with E-state index in [9.17, 15) is 0 Å². The SMILES string of the molecule is CN(CC1CCOCC1)C1(CN)CCN2CCCC2C1. The molecule has 2 atom stereocenters. The van der Waals surface area contributed by atoms with Crippen LogP contribution in [-0.2, 0) is 4.74 Å². The lowest BCUT2D eigenvalue weighted by Gasteiger charge is -2.50. The Hall–Kier alpha value is -0.160. The second-order valence-electron chi connectivity index (χ2n) is 7.15. The molecule has 0 aromatic carbocycles. The zero-order valence-corrected chi connectivity index (χ0v) is 13.0. The Morgan fingerprint density at radius 3 is 2.80 bits per heavy atom. The van der Waals surface area contributed by atoms with E-state index in [2.05, 4.69) is 16.8 Å². The summed E-state index contributed by atoms with van der Waals surface area (Å²) in [6.07, 6.45) is 7.74. The van der Waals surface area contributed by atoms with Gasteiger partial charge in [-0.2, -0.15) is 0 Å². The van der Waals surface area contributed by atoms with Gasteiger partial charge in [0.25, 0.3) is 0 Å². The van der Waals surface area contributed by atoms with Gasteiger partial charge >= 0.3 is 0 Å². The summed E-state index contributed by atoms with van der Waals surface area (Å²) in [5.41, 5.74) is 6.50. The van der Waals surface area contributed by atoms with Gasteiger partial charge in [0.15, 0.2) is 0 Å². The van der Waals surface area contributed by atoms with Crippen LogP contribution in [0.3, 0.4) is 0 Å². The molecule has 3 aliphatic heterocycles. The average molecular weight is 281 g/mol. The predicted molar refractivity (Wildman–Crippen MR) is 81.8 cm³/mol. The minimum atomic E-state index is 0.254. The molecule has 4 heteroatoms. The van der Waals surface area contributed by atoms with Gasteiger partial charge in [-0.15, -0.1) is 0 Å². The Morgan fingerprint density at radius 2 is 2.05 bits per heavy atom. The zero-order valence-electron chi connectivity index (χ0n) is 13.0. The molecule has 0 saturated carbocycles. The summed E-state index contributed by atoms with van der Waals surface area (Å²) in [4.78, 5) is 5.30. The Bertz CT molecular complexity index is 319. The number of fused-ring (bicyclic) bond motifs is 1. The van der Waals surface area contributed by atoms with Crippen LogP contribution in [0.1, 0.15) is 38.5 Å². The molecule has 20 heavy (non-hydrogen) atoms. The molecule has 0 amide bonds. The second kappa shape index (κ2) is 6.30. The first-order chi connectivity index (χ1) is 9.73. The van der Waals surface area contributed by atoms with Gasteiger partial charge in [-0.3, -0.25) is 4.90 Å². The van der Waals surface area contributed by atoms with Crippen molar-refractivity contribution in [2.45, 2.75) is 50.1 Å². The molecule has 0 aromatic heterocycles. The van der Waals surface area contributed by atoms with E-state index in [1.165, 1.54) is 58.2 Å². The molecule has 2 N–H and O–H groups in total. The Balaban J connectivity index is 1.62. The third-order valence-electron chi connectivity index (χ3n) is 6.04. The first kappa shape index (κ1) is 14.8. The molecule has 4 nitrogen and oxygen atoms in total. The van der Waals surface area contributed by atoms with Gasteiger partial charge in [0, 0.05) is 44.4 Å². The van der Waals surface area contributed by atoms with Crippen LogP contribution >= 0.6 is 0 Å². The van der Waals surface area contributed by atoms with Gasteiger partial charge in [0.05, 0.1) is 0 Å². The molecule has 116 valence electrons. The lowest BCUT2D eigenvalue weighted by molar-refractivity contribution is -0.00150. The summed E-state index contributed by atoms with van der Waals surface area (Å²) in [5, 5.41) is 0. The molecular weight excluding hydrogens is 250 g/mol. The first-order valence-corrected chi connectivity index (χ1v) is 8.47. The highest BCUT2D eigenvalue weighted by molar-refractivity contribution is 5.01. The van der Waals surface area contributed by atoms with Crippen LogP contribution in [-0.4, -0.2) is 67.8 Å². The van der Waals surface area contributed by atoms with Crippen molar-refractivity contribution in [2.24, 2.45) is 11.7 Å². The zero-order chi connectivity index (χ0) is 14.0. The molecule has 0 spiro atoms. The molecular formula is C16H31N3O. The van der Waals surface area contributed by atoms with Crippen LogP contribution in [0.5, 0.6) is 0 Å². The molecule has 0 bridgehead atoms. The molecule has 3 heterocycles. The quantitative estimate of drug-likeness (QED) is 0.843. The van der Waals surface area contributed by atoms with Crippen molar-refractivity contribution in [3.05, 3.63) is 0 Å². The number of nitrogens with zero attached hydrogens (tertiary/aromatic N) is 2. The topological polar surface area (TPSA) is 41.7 Å². The Morgan fingerprint density at radius 1 is 1.25 bits per heavy atom. The minimum Gasteiger partial charge on any atom is -0.381 e. The van der Waals surface area contributed by atoms with Crippen molar-refractivity contribution < 1.29 is 4.74 Å². The van der Waals surface area contributed by atoms with Crippen molar-refractivity contribution in [3.8, 4) is 0 Å². The van der Waals surface area contributed by atoms with E-state index in [1.54, 1.807) is 0 Å². The Kier molecular flexibility index (Phi) is 4.65. The van der Waals surface area contributed by atoms with Crippen molar-refractivity contribution in [3.63, 3.8) is 0 Å². The number of piperidine rings is 1. The molecule has 0 aliphatic carbocycles. The third-order valence-corrected chi connectivity index (χ3v) is 6.04. The van der Waals surface area contributed by atoms with Gasteiger partial charge in [-0.25, -0.2) is 0 Å². The molecule has 3 aliphatic rings. The molecule has 2 unspecified atom stereocenters. The maximum absolute atomic E-state index is 6.24. The molecule has 3 saturated heterocycles. The van der Waals surface area contributed by atoms with Crippen LogP contribution in [0.2, 0.25) is 0 Å². The number of likely N-dealkylation sites (N-methyl/N-ethyl adjacent to an activating group) is 1. The lowest BCUT2D eigenvalue weighted by atomic mass is 9.81. The van der Waals surface area contributed by atoms with E-state index in [0.29, 0.717) is 0 Å².